The summed E-state index contributed by atoms with van der Waals surface area (Å²) in [4.78, 5) is 14.7. The Kier molecular flexibility index (Phi) is 8.04. The van der Waals surface area contributed by atoms with Gasteiger partial charge in [-0.3, -0.25) is 9.69 Å². The molecule has 0 aliphatic carbocycles. The van der Waals surface area contributed by atoms with Gasteiger partial charge in [-0.25, -0.2) is 8.42 Å². The molecule has 2 fully saturated rings. The summed E-state index contributed by atoms with van der Waals surface area (Å²) in [7, 11) is -1.75. The molecule has 2 saturated heterocycles. The van der Waals surface area contributed by atoms with Gasteiger partial charge in [-0.05, 0) is 82.2 Å². The molecule has 9 heteroatoms. The molecule has 7 nitrogen and oxygen atoms in total. The number of rotatable bonds is 7. The smallest absolute Gasteiger partial charge is 0.238 e. The summed E-state index contributed by atoms with van der Waals surface area (Å²) in [6.07, 6.45) is 3.69. The number of nitrogens with one attached hydrogen (secondary N) is 1. The van der Waals surface area contributed by atoms with E-state index in [2.05, 4.69) is 10.2 Å². The lowest BCUT2D eigenvalue weighted by Gasteiger charge is -2.53. The maximum absolute atomic E-state index is 13.1. The number of halogens is 1. The van der Waals surface area contributed by atoms with Gasteiger partial charge in [0.1, 0.15) is 5.75 Å². The number of ether oxygens (including phenoxy) is 1. The number of hydrogen-bond donors (Lipinski definition) is 1. The summed E-state index contributed by atoms with van der Waals surface area (Å²) < 4.78 is 33.2. The van der Waals surface area contributed by atoms with Crippen molar-refractivity contribution in [2.45, 2.75) is 58.9 Å². The van der Waals surface area contributed by atoms with Gasteiger partial charge in [-0.15, -0.1) is 0 Å². The predicted octanol–water partition coefficient (Wildman–Crippen LogP) is 4.23. The Balaban J connectivity index is 1.58. The van der Waals surface area contributed by atoms with Gasteiger partial charge in [-0.1, -0.05) is 25.4 Å². The molecule has 1 aromatic carbocycles. The van der Waals surface area contributed by atoms with Crippen molar-refractivity contribution in [3.8, 4) is 5.75 Å². The van der Waals surface area contributed by atoms with Crippen LogP contribution in [0.4, 0.5) is 5.69 Å². The molecule has 1 amide bonds. The second-order valence-corrected chi connectivity index (χ2v) is 13.0. The van der Waals surface area contributed by atoms with E-state index < -0.39 is 10.0 Å². The summed E-state index contributed by atoms with van der Waals surface area (Å²) in [5, 5.41) is 3.35. The van der Waals surface area contributed by atoms with Gasteiger partial charge in [-0.2, -0.15) is 4.31 Å². The molecule has 186 valence electrons. The van der Waals surface area contributed by atoms with Crippen molar-refractivity contribution in [2.24, 2.45) is 11.3 Å². The highest BCUT2D eigenvalue weighted by atomic mass is 35.5. The van der Waals surface area contributed by atoms with E-state index in [1.54, 1.807) is 29.6 Å². The molecule has 1 spiro atoms. The maximum atomic E-state index is 13.1. The number of piperidine rings is 2. The lowest BCUT2D eigenvalue weighted by Crippen LogP contribution is -2.59. The number of methoxy groups -OCH3 is 1. The fourth-order valence-electron chi connectivity index (χ4n) is 5.02. The van der Waals surface area contributed by atoms with Crippen molar-refractivity contribution < 1.29 is 17.9 Å². The standard InChI is InChI=1S/C24H38ClN3O4S/c1-18(2)16-33(30,31)28-17-24(9-8-23(28,3)4)10-12-27(13-11-24)15-22(29)26-19-6-7-21(32-5)20(25)14-19/h6-7,14,18H,8-13,15-17H2,1-5H3,(H,26,29). The molecule has 0 atom stereocenters. The molecule has 2 aliphatic heterocycles. The van der Waals surface area contributed by atoms with Gasteiger partial charge < -0.3 is 10.1 Å². The Morgan fingerprint density at radius 1 is 1.18 bits per heavy atom. The zero-order valence-corrected chi connectivity index (χ0v) is 22.1. The lowest BCUT2D eigenvalue weighted by molar-refractivity contribution is -0.118. The van der Waals surface area contributed by atoms with Crippen LogP contribution < -0.4 is 10.1 Å². The Hall–Kier alpha value is -1.35. The topological polar surface area (TPSA) is 79.0 Å². The molecule has 0 unspecified atom stereocenters. The number of hydrogen-bond acceptors (Lipinski definition) is 5. The Bertz CT molecular complexity index is 956. The third-order valence-corrected chi connectivity index (χ3v) is 9.70. The first-order valence-corrected chi connectivity index (χ1v) is 13.7. The van der Waals surface area contributed by atoms with E-state index in [4.69, 9.17) is 16.3 Å². The van der Waals surface area contributed by atoms with E-state index >= 15 is 0 Å². The van der Waals surface area contributed by atoms with Crippen LogP contribution >= 0.6 is 11.6 Å². The van der Waals surface area contributed by atoms with Crippen molar-refractivity contribution in [2.75, 3.05) is 44.4 Å². The van der Waals surface area contributed by atoms with E-state index in [1.807, 2.05) is 27.7 Å². The van der Waals surface area contributed by atoms with Crippen LogP contribution in [0.15, 0.2) is 18.2 Å². The number of carbonyl (C=O) groups is 1. The third kappa shape index (κ3) is 6.41. The fraction of sp³-hybridized carbons (Fsp3) is 0.708. The first-order chi connectivity index (χ1) is 15.4. The summed E-state index contributed by atoms with van der Waals surface area (Å²) in [5.74, 6) is 0.771. The molecule has 0 aromatic heterocycles. The highest BCUT2D eigenvalue weighted by Crippen LogP contribution is 2.46. The average Bonchev–Trinajstić information content (AvgIpc) is 2.71. The van der Waals surface area contributed by atoms with E-state index in [0.717, 1.165) is 38.8 Å². The number of carbonyl (C=O) groups excluding carboxylic acids is 1. The minimum absolute atomic E-state index is 0.00391. The molecular weight excluding hydrogens is 462 g/mol. The molecule has 0 radical (unpaired) electrons. The summed E-state index contributed by atoms with van der Waals surface area (Å²) in [6, 6.07) is 5.18. The minimum Gasteiger partial charge on any atom is -0.495 e. The number of amides is 1. The fourth-order valence-corrected chi connectivity index (χ4v) is 7.62. The zero-order chi connectivity index (χ0) is 24.4. The monoisotopic (exact) mass is 499 g/mol. The van der Waals surface area contributed by atoms with Crippen LogP contribution in [0.25, 0.3) is 0 Å². The van der Waals surface area contributed by atoms with Crippen molar-refractivity contribution in [3.05, 3.63) is 23.2 Å². The third-order valence-electron chi connectivity index (χ3n) is 7.02. The molecule has 1 aromatic rings. The van der Waals surface area contributed by atoms with Gasteiger partial charge in [0.2, 0.25) is 15.9 Å². The van der Waals surface area contributed by atoms with Crippen LogP contribution in [0.1, 0.15) is 53.4 Å². The zero-order valence-electron chi connectivity index (χ0n) is 20.5. The van der Waals surface area contributed by atoms with Crippen LogP contribution in [0.3, 0.4) is 0 Å². The summed E-state index contributed by atoms with van der Waals surface area (Å²) >= 11 is 6.15. The second kappa shape index (κ2) is 10.1. The Morgan fingerprint density at radius 2 is 1.85 bits per heavy atom. The average molecular weight is 500 g/mol. The van der Waals surface area contributed by atoms with Crippen molar-refractivity contribution in [3.63, 3.8) is 0 Å². The number of anilines is 1. The van der Waals surface area contributed by atoms with Crippen molar-refractivity contribution in [1.29, 1.82) is 0 Å². The second-order valence-electron chi connectivity index (χ2n) is 10.7. The van der Waals surface area contributed by atoms with Crippen molar-refractivity contribution in [1.82, 2.24) is 9.21 Å². The first kappa shape index (κ1) is 26.3. The summed E-state index contributed by atoms with van der Waals surface area (Å²) in [6.45, 7) is 10.5. The van der Waals surface area contributed by atoms with E-state index in [0.29, 0.717) is 29.5 Å². The number of sulfonamides is 1. The largest absolute Gasteiger partial charge is 0.495 e. The molecular formula is C24H38ClN3O4S. The molecule has 0 saturated carbocycles. The maximum Gasteiger partial charge on any atom is 0.238 e. The Morgan fingerprint density at radius 3 is 2.42 bits per heavy atom. The van der Waals surface area contributed by atoms with Crippen LogP contribution in [-0.2, 0) is 14.8 Å². The Labute approximate surface area is 203 Å². The van der Waals surface area contributed by atoms with Gasteiger partial charge in [0.25, 0.3) is 0 Å². The van der Waals surface area contributed by atoms with Gasteiger partial charge in [0.15, 0.2) is 0 Å². The van der Waals surface area contributed by atoms with Crippen LogP contribution in [0.2, 0.25) is 5.02 Å². The quantitative estimate of drug-likeness (QED) is 0.607. The molecule has 1 N–H and O–H groups in total. The van der Waals surface area contributed by atoms with E-state index in [-0.39, 0.29) is 28.5 Å². The number of nitrogens with zero attached hydrogens (tertiary/aromatic N) is 2. The highest BCUT2D eigenvalue weighted by molar-refractivity contribution is 7.89. The SMILES string of the molecule is COc1ccc(NC(=O)CN2CCC3(CC2)CCC(C)(C)N(S(=O)(=O)CC(C)C)C3)cc1Cl. The first-order valence-electron chi connectivity index (χ1n) is 11.7. The van der Waals surface area contributed by atoms with Gasteiger partial charge in [0, 0.05) is 17.8 Å². The van der Waals surface area contributed by atoms with Crippen LogP contribution in [-0.4, -0.2) is 68.1 Å². The molecule has 33 heavy (non-hydrogen) atoms. The number of benzene rings is 1. The highest BCUT2D eigenvalue weighted by Gasteiger charge is 2.48. The normalized spacial score (nSPS) is 21.3. The van der Waals surface area contributed by atoms with Crippen LogP contribution in [0, 0.1) is 11.3 Å². The van der Waals surface area contributed by atoms with Crippen molar-refractivity contribution >= 4 is 33.2 Å². The molecule has 2 aliphatic rings. The molecule has 2 heterocycles. The predicted molar refractivity (Wildman–Crippen MR) is 133 cm³/mol. The molecule has 0 bridgehead atoms. The van der Waals surface area contributed by atoms with E-state index in [9.17, 15) is 13.2 Å². The number of likely N-dealkylation sites (tertiary alicyclic amines) is 1. The van der Waals surface area contributed by atoms with E-state index in [1.165, 1.54) is 0 Å². The van der Waals surface area contributed by atoms with Crippen LogP contribution in [0.5, 0.6) is 5.75 Å². The summed E-state index contributed by atoms with van der Waals surface area (Å²) in [5.41, 5.74) is 0.283. The van der Waals surface area contributed by atoms with Gasteiger partial charge >= 0.3 is 0 Å². The minimum atomic E-state index is -3.31. The molecule has 3 rings (SSSR count). The van der Waals surface area contributed by atoms with Gasteiger partial charge in [0.05, 0.1) is 24.4 Å². The lowest BCUT2D eigenvalue weighted by atomic mass is 9.69.